The number of nitrogens with two attached hydrogens (primary N) is 1. The molecule has 0 aliphatic carbocycles. The largest absolute Gasteiger partial charge is 0.505 e. The van der Waals surface area contributed by atoms with Crippen molar-refractivity contribution in [3.63, 3.8) is 0 Å². The van der Waals surface area contributed by atoms with Crippen molar-refractivity contribution in [2.75, 3.05) is 6.16 Å². The summed E-state index contributed by atoms with van der Waals surface area (Å²) in [5.74, 6) is 0. The Hall–Kier alpha value is 0.0200. The summed E-state index contributed by atoms with van der Waals surface area (Å²) in [5, 5.41) is 0. The first-order valence-electron chi connectivity index (χ1n) is 3.06. The van der Waals surface area contributed by atoms with E-state index < -0.39 is 8.03 Å². The van der Waals surface area contributed by atoms with E-state index in [1.807, 2.05) is 6.92 Å². The zero-order valence-corrected chi connectivity index (χ0v) is 6.47. The maximum atomic E-state index is 10.1. The van der Waals surface area contributed by atoms with Gasteiger partial charge in [-0.15, -0.1) is 0 Å². The summed E-state index contributed by atoms with van der Waals surface area (Å²) in [5.41, 5.74) is 5.48. The van der Waals surface area contributed by atoms with Crippen LogP contribution >= 0.6 is 8.03 Å². The summed E-state index contributed by atoms with van der Waals surface area (Å²) < 4.78 is 10.1. The summed E-state index contributed by atoms with van der Waals surface area (Å²) in [4.78, 5) is 8.35. The lowest BCUT2D eigenvalue weighted by Gasteiger charge is -2.00. The van der Waals surface area contributed by atoms with Gasteiger partial charge in [-0.1, -0.05) is 6.92 Å². The van der Waals surface area contributed by atoms with E-state index >= 15 is 0 Å². The third-order valence-electron chi connectivity index (χ3n) is 1.22. The van der Waals surface area contributed by atoms with Gasteiger partial charge in [-0.05, 0) is 11.0 Å². The molecule has 0 bridgehead atoms. The highest BCUT2D eigenvalue weighted by Crippen LogP contribution is 2.14. The van der Waals surface area contributed by atoms with Crippen LogP contribution in [0.3, 0.4) is 0 Å². The van der Waals surface area contributed by atoms with Crippen molar-refractivity contribution in [2.24, 2.45) is 5.73 Å². The number of hydrogen-bond acceptors (Lipinski definition) is 2. The molecule has 0 aliphatic heterocycles. The molecule has 0 fully saturated rings. The SMILES string of the molecule is CCC(N)CC[P+](=O)O. The smallest absolute Gasteiger partial charge is 0.328 e. The Labute approximate surface area is 56.1 Å². The Morgan fingerprint density at radius 3 is 2.67 bits per heavy atom. The summed E-state index contributed by atoms with van der Waals surface area (Å²) in [6.07, 6.45) is 1.87. The molecule has 0 saturated carbocycles. The molecule has 0 heterocycles. The first-order valence-corrected chi connectivity index (χ1v) is 4.45. The van der Waals surface area contributed by atoms with Gasteiger partial charge >= 0.3 is 8.03 Å². The van der Waals surface area contributed by atoms with Gasteiger partial charge in [0.25, 0.3) is 0 Å². The molecular weight excluding hydrogens is 137 g/mol. The Morgan fingerprint density at radius 1 is 1.78 bits per heavy atom. The van der Waals surface area contributed by atoms with Gasteiger partial charge in [-0.25, -0.2) is 0 Å². The molecule has 2 atom stereocenters. The first-order chi connectivity index (χ1) is 4.16. The summed E-state index contributed by atoms with van der Waals surface area (Å²) in [6, 6.07) is 0.0936. The minimum absolute atomic E-state index is 0.0936. The Balaban J connectivity index is 3.16. The topological polar surface area (TPSA) is 63.3 Å². The van der Waals surface area contributed by atoms with Crippen molar-refractivity contribution in [3.05, 3.63) is 0 Å². The molecular formula is C5H13NO2P+. The molecule has 0 spiro atoms. The van der Waals surface area contributed by atoms with Gasteiger partial charge in [-0.3, -0.25) is 0 Å². The zero-order valence-electron chi connectivity index (χ0n) is 5.58. The van der Waals surface area contributed by atoms with Gasteiger partial charge < -0.3 is 5.73 Å². The second-order valence-electron chi connectivity index (χ2n) is 2.03. The molecule has 2 unspecified atom stereocenters. The lowest BCUT2D eigenvalue weighted by molar-refractivity contribution is 0.496. The second-order valence-corrected chi connectivity index (χ2v) is 3.18. The van der Waals surface area contributed by atoms with Crippen molar-refractivity contribution in [1.29, 1.82) is 0 Å². The van der Waals surface area contributed by atoms with Crippen molar-refractivity contribution in [3.8, 4) is 0 Å². The summed E-state index contributed by atoms with van der Waals surface area (Å²) >= 11 is 0. The quantitative estimate of drug-likeness (QED) is 0.584. The third-order valence-corrected chi connectivity index (χ3v) is 1.86. The molecule has 0 aromatic carbocycles. The van der Waals surface area contributed by atoms with Crippen LogP contribution in [0.1, 0.15) is 19.8 Å². The van der Waals surface area contributed by atoms with E-state index in [1.54, 1.807) is 0 Å². The Morgan fingerprint density at radius 2 is 2.33 bits per heavy atom. The van der Waals surface area contributed by atoms with E-state index in [9.17, 15) is 4.57 Å². The predicted molar refractivity (Wildman–Crippen MR) is 37.6 cm³/mol. The molecule has 0 amide bonds. The predicted octanol–water partition coefficient (Wildman–Crippen LogP) is 0.849. The summed E-state index contributed by atoms with van der Waals surface area (Å²) in [6.45, 7) is 1.97. The van der Waals surface area contributed by atoms with Gasteiger partial charge in [0, 0.05) is 12.5 Å². The third kappa shape index (κ3) is 5.90. The van der Waals surface area contributed by atoms with E-state index in [0.29, 0.717) is 12.6 Å². The molecule has 0 aromatic rings. The number of hydrogen-bond donors (Lipinski definition) is 2. The van der Waals surface area contributed by atoms with Crippen LogP contribution in [0.4, 0.5) is 0 Å². The van der Waals surface area contributed by atoms with E-state index in [0.717, 1.165) is 6.42 Å². The fourth-order valence-electron chi connectivity index (χ4n) is 0.480. The van der Waals surface area contributed by atoms with E-state index in [4.69, 9.17) is 10.6 Å². The van der Waals surface area contributed by atoms with Crippen LogP contribution in [0.15, 0.2) is 0 Å². The maximum absolute atomic E-state index is 10.1. The monoisotopic (exact) mass is 150 g/mol. The van der Waals surface area contributed by atoms with Crippen LogP contribution in [0.5, 0.6) is 0 Å². The van der Waals surface area contributed by atoms with Crippen LogP contribution in [0.25, 0.3) is 0 Å². The zero-order chi connectivity index (χ0) is 7.28. The highest BCUT2D eigenvalue weighted by Gasteiger charge is 2.11. The maximum Gasteiger partial charge on any atom is 0.505 e. The van der Waals surface area contributed by atoms with Crippen molar-refractivity contribution in [2.45, 2.75) is 25.8 Å². The molecule has 0 aliphatic rings. The molecule has 0 rings (SSSR count). The van der Waals surface area contributed by atoms with Gasteiger partial charge in [0.1, 0.15) is 0 Å². The Bertz CT molecular complexity index is 97.0. The molecule has 0 radical (unpaired) electrons. The second kappa shape index (κ2) is 4.86. The molecule has 54 valence electrons. The highest BCUT2D eigenvalue weighted by molar-refractivity contribution is 7.37. The van der Waals surface area contributed by atoms with Crippen molar-refractivity contribution < 1.29 is 9.46 Å². The van der Waals surface area contributed by atoms with E-state index in [1.165, 1.54) is 0 Å². The Kier molecular flexibility index (Phi) is 4.87. The molecule has 4 heteroatoms. The number of rotatable bonds is 4. The molecule has 9 heavy (non-hydrogen) atoms. The fraction of sp³-hybridized carbons (Fsp3) is 1.00. The highest BCUT2D eigenvalue weighted by atomic mass is 31.1. The standard InChI is InChI=1S/C5H12NO2P/c1-2-5(6)3-4-9(7)8/h5H,2-4,6H2,1H3/p+1. The van der Waals surface area contributed by atoms with Crippen LogP contribution in [0, 0.1) is 0 Å². The molecule has 3 nitrogen and oxygen atoms in total. The lowest BCUT2D eigenvalue weighted by atomic mass is 10.2. The minimum atomic E-state index is -1.97. The van der Waals surface area contributed by atoms with Crippen LogP contribution in [-0.4, -0.2) is 17.1 Å². The molecule has 3 N–H and O–H groups in total. The molecule has 0 saturated heterocycles. The minimum Gasteiger partial charge on any atom is -0.328 e. The van der Waals surface area contributed by atoms with E-state index in [-0.39, 0.29) is 6.04 Å². The van der Waals surface area contributed by atoms with E-state index in [2.05, 4.69) is 0 Å². The average molecular weight is 150 g/mol. The van der Waals surface area contributed by atoms with Crippen LogP contribution < -0.4 is 5.73 Å². The van der Waals surface area contributed by atoms with Crippen molar-refractivity contribution >= 4 is 8.03 Å². The van der Waals surface area contributed by atoms with Gasteiger partial charge in [0.05, 0.1) is 0 Å². The van der Waals surface area contributed by atoms with Crippen molar-refractivity contribution in [1.82, 2.24) is 0 Å². The van der Waals surface area contributed by atoms with Gasteiger partial charge in [0.2, 0.25) is 0 Å². The lowest BCUT2D eigenvalue weighted by Crippen LogP contribution is -2.18. The first kappa shape index (κ1) is 9.02. The molecule has 0 aromatic heterocycles. The fourth-order valence-corrected chi connectivity index (χ4v) is 1.03. The average Bonchev–Trinajstić information content (AvgIpc) is 1.83. The van der Waals surface area contributed by atoms with Crippen LogP contribution in [0.2, 0.25) is 0 Å². The van der Waals surface area contributed by atoms with Crippen LogP contribution in [-0.2, 0) is 4.57 Å². The normalized spacial score (nSPS) is 15.2. The summed E-state index contributed by atoms with van der Waals surface area (Å²) in [7, 11) is -1.97. The van der Waals surface area contributed by atoms with Gasteiger partial charge in [0.15, 0.2) is 6.16 Å². The van der Waals surface area contributed by atoms with Gasteiger partial charge in [-0.2, -0.15) is 4.89 Å².